The van der Waals surface area contributed by atoms with Crippen LogP contribution in [0.5, 0.6) is 0 Å². The van der Waals surface area contributed by atoms with Crippen molar-refractivity contribution < 1.29 is 15.0 Å². The second kappa shape index (κ2) is 7.51. The van der Waals surface area contributed by atoms with Crippen LogP contribution in [-0.2, 0) is 4.79 Å². The van der Waals surface area contributed by atoms with Gasteiger partial charge < -0.3 is 20.8 Å². The summed E-state index contributed by atoms with van der Waals surface area (Å²) in [6.07, 6.45) is 1.79. The molecule has 0 aliphatic carbocycles. The van der Waals surface area contributed by atoms with Crippen molar-refractivity contribution in [3.63, 3.8) is 0 Å². The molecular weight excluding hydrogens is 174 g/mol. The summed E-state index contributed by atoms with van der Waals surface area (Å²) >= 11 is 0. The highest BCUT2D eigenvalue weighted by atomic mass is 16.4. The number of hydrogen-bond donors (Lipinski definition) is 3. The summed E-state index contributed by atoms with van der Waals surface area (Å²) in [5, 5.41) is 16.0. The smallest absolute Gasteiger partial charge is 0.317 e. The van der Waals surface area contributed by atoms with Crippen LogP contribution in [0.1, 0.15) is 0 Å². The Kier molecular flexibility index (Phi) is 6.85. The maximum absolute atomic E-state index is 9.24. The summed E-state index contributed by atoms with van der Waals surface area (Å²) in [6, 6.07) is 0. The highest BCUT2D eigenvalue weighted by Crippen LogP contribution is 1.89. The lowest BCUT2D eigenvalue weighted by Crippen LogP contribution is -2.22. The zero-order chi connectivity index (χ0) is 10.1. The molecule has 0 unspecified atom stereocenters. The molecule has 0 spiro atoms. The quantitative estimate of drug-likeness (QED) is 0.494. The first-order valence-electron chi connectivity index (χ1n) is 3.97. The topological polar surface area (TPSA) is 99.2 Å². The minimum Gasteiger partial charge on any atom is -0.480 e. The van der Waals surface area contributed by atoms with Gasteiger partial charge in [-0.05, 0) is 0 Å². The molecule has 0 saturated carbocycles. The number of rotatable bonds is 3. The normalized spacial score (nSPS) is 13.8. The van der Waals surface area contributed by atoms with Crippen LogP contribution in [0.4, 0.5) is 0 Å². The van der Waals surface area contributed by atoms with Crippen LogP contribution < -0.4 is 5.73 Å². The van der Waals surface area contributed by atoms with E-state index in [0.717, 1.165) is 19.6 Å². The Hall–Kier alpha value is -1.14. The number of hydrogen-bond acceptors (Lipinski definition) is 5. The fourth-order valence-corrected chi connectivity index (χ4v) is 0.715. The highest BCUT2D eigenvalue weighted by molar-refractivity contribution is 5.68. The molecular formula is C7H15N3O3. The zero-order valence-electron chi connectivity index (χ0n) is 7.39. The van der Waals surface area contributed by atoms with Crippen LogP contribution in [0.3, 0.4) is 0 Å². The molecule has 0 bridgehead atoms. The van der Waals surface area contributed by atoms with Crippen LogP contribution in [0.25, 0.3) is 0 Å². The van der Waals surface area contributed by atoms with Crippen LogP contribution in [-0.4, -0.2) is 60.2 Å². The number of nitrogens with zero attached hydrogens (tertiary/aromatic N) is 2. The molecule has 6 heteroatoms. The van der Waals surface area contributed by atoms with Crippen LogP contribution in [0.15, 0.2) is 4.99 Å². The minimum atomic E-state index is -0.968. The second-order valence-corrected chi connectivity index (χ2v) is 2.38. The van der Waals surface area contributed by atoms with E-state index in [0.29, 0.717) is 0 Å². The van der Waals surface area contributed by atoms with Crippen LogP contribution in [0.2, 0.25) is 0 Å². The van der Waals surface area contributed by atoms with E-state index in [1.54, 1.807) is 6.34 Å². The molecule has 0 amide bonds. The van der Waals surface area contributed by atoms with E-state index in [1.807, 2.05) is 4.90 Å². The Morgan fingerprint density at radius 1 is 1.69 bits per heavy atom. The Balaban J connectivity index is 0.000000252. The van der Waals surface area contributed by atoms with E-state index in [1.165, 1.54) is 0 Å². The van der Waals surface area contributed by atoms with Gasteiger partial charge in [0.1, 0.15) is 0 Å². The number of aliphatic hydroxyl groups excluding tert-OH is 1. The molecule has 0 aromatic carbocycles. The summed E-state index contributed by atoms with van der Waals surface area (Å²) in [6.45, 7) is 2.54. The Bertz CT molecular complexity index is 172. The maximum atomic E-state index is 9.24. The molecule has 1 heterocycles. The largest absolute Gasteiger partial charge is 0.480 e. The molecule has 0 aromatic rings. The molecule has 0 atom stereocenters. The number of β-amino-alcohol motifs (C(OH)–C–C–N with tert-alkyl or cyclic N) is 1. The van der Waals surface area contributed by atoms with Gasteiger partial charge in [0.15, 0.2) is 0 Å². The van der Waals surface area contributed by atoms with Crippen molar-refractivity contribution in [1.82, 2.24) is 4.90 Å². The van der Waals surface area contributed by atoms with E-state index in [-0.39, 0.29) is 13.2 Å². The fourth-order valence-electron chi connectivity index (χ4n) is 0.715. The van der Waals surface area contributed by atoms with Gasteiger partial charge >= 0.3 is 5.97 Å². The van der Waals surface area contributed by atoms with Gasteiger partial charge in [0.05, 0.1) is 26.0 Å². The van der Waals surface area contributed by atoms with E-state index >= 15 is 0 Å². The third-order valence-corrected chi connectivity index (χ3v) is 1.32. The highest BCUT2D eigenvalue weighted by Gasteiger charge is 2.01. The van der Waals surface area contributed by atoms with E-state index < -0.39 is 5.97 Å². The number of nitrogens with two attached hydrogens (primary N) is 1. The number of carboxylic acids is 1. The van der Waals surface area contributed by atoms with Gasteiger partial charge in [0.2, 0.25) is 0 Å². The van der Waals surface area contributed by atoms with Crippen molar-refractivity contribution in [3.8, 4) is 0 Å². The minimum absolute atomic E-state index is 0.228. The number of carbonyl (C=O) groups is 1. The average Bonchev–Trinajstić information content (AvgIpc) is 2.59. The lowest BCUT2D eigenvalue weighted by molar-refractivity contribution is -0.135. The zero-order valence-corrected chi connectivity index (χ0v) is 7.39. The standard InChI is InChI=1S/C5H10N2O.C2H5NO2/c8-4-3-7-2-1-6-5-7;3-1-2(4)5/h5,8H,1-4H2;1,3H2,(H,4,5). The summed E-state index contributed by atoms with van der Waals surface area (Å²) in [7, 11) is 0. The van der Waals surface area contributed by atoms with Crippen molar-refractivity contribution in [3.05, 3.63) is 0 Å². The van der Waals surface area contributed by atoms with E-state index in [9.17, 15) is 4.79 Å². The van der Waals surface area contributed by atoms with Crippen LogP contribution >= 0.6 is 0 Å². The summed E-state index contributed by atoms with van der Waals surface area (Å²) < 4.78 is 0. The molecule has 1 aliphatic heterocycles. The summed E-state index contributed by atoms with van der Waals surface area (Å²) in [5.74, 6) is -0.968. The SMILES string of the molecule is NCC(=O)O.OCCN1C=NCC1. The van der Waals surface area contributed by atoms with Crippen molar-refractivity contribution in [2.24, 2.45) is 10.7 Å². The first-order valence-corrected chi connectivity index (χ1v) is 3.97. The molecule has 4 N–H and O–H groups in total. The molecule has 0 fully saturated rings. The molecule has 1 aliphatic rings. The fraction of sp³-hybridized carbons (Fsp3) is 0.714. The van der Waals surface area contributed by atoms with Crippen LogP contribution in [0, 0.1) is 0 Å². The molecule has 1 rings (SSSR count). The third kappa shape index (κ3) is 7.23. The van der Waals surface area contributed by atoms with Gasteiger partial charge in [0.25, 0.3) is 0 Å². The molecule has 76 valence electrons. The molecule has 0 aromatic heterocycles. The van der Waals surface area contributed by atoms with Gasteiger partial charge in [-0.1, -0.05) is 0 Å². The lowest BCUT2D eigenvalue weighted by atomic mass is 10.5. The van der Waals surface area contributed by atoms with Gasteiger partial charge in [-0.25, -0.2) is 0 Å². The molecule has 0 radical (unpaired) electrons. The number of carboxylic acid groups (broad SMARTS) is 1. The van der Waals surface area contributed by atoms with Crippen molar-refractivity contribution in [2.75, 3.05) is 32.8 Å². The van der Waals surface area contributed by atoms with Crippen molar-refractivity contribution in [1.29, 1.82) is 0 Å². The van der Waals surface area contributed by atoms with E-state index in [4.69, 9.17) is 10.2 Å². The third-order valence-electron chi connectivity index (χ3n) is 1.32. The first-order chi connectivity index (χ1) is 6.20. The predicted octanol–water partition coefficient (Wildman–Crippen LogP) is -1.65. The van der Waals surface area contributed by atoms with Crippen molar-refractivity contribution >= 4 is 12.3 Å². The Labute approximate surface area is 76.7 Å². The predicted molar refractivity (Wildman–Crippen MR) is 48.7 cm³/mol. The summed E-state index contributed by atoms with van der Waals surface area (Å²) in [4.78, 5) is 15.2. The number of aliphatic hydroxyl groups is 1. The number of aliphatic carboxylic acids is 1. The second-order valence-electron chi connectivity index (χ2n) is 2.38. The maximum Gasteiger partial charge on any atom is 0.317 e. The van der Waals surface area contributed by atoms with E-state index in [2.05, 4.69) is 10.7 Å². The van der Waals surface area contributed by atoms with Gasteiger partial charge in [0, 0.05) is 13.1 Å². The first kappa shape index (κ1) is 11.9. The summed E-state index contributed by atoms with van der Waals surface area (Å²) in [5.41, 5.74) is 4.57. The Morgan fingerprint density at radius 3 is 2.62 bits per heavy atom. The Morgan fingerprint density at radius 2 is 2.31 bits per heavy atom. The van der Waals surface area contributed by atoms with Gasteiger partial charge in [-0.3, -0.25) is 9.79 Å². The van der Waals surface area contributed by atoms with Gasteiger partial charge in [-0.2, -0.15) is 0 Å². The monoisotopic (exact) mass is 189 g/mol. The lowest BCUT2D eigenvalue weighted by Gasteiger charge is -2.09. The van der Waals surface area contributed by atoms with Crippen molar-refractivity contribution in [2.45, 2.75) is 0 Å². The average molecular weight is 189 g/mol. The molecule has 6 nitrogen and oxygen atoms in total. The molecule has 0 saturated heterocycles. The van der Waals surface area contributed by atoms with Gasteiger partial charge in [-0.15, -0.1) is 0 Å². The molecule has 13 heavy (non-hydrogen) atoms. The number of aliphatic imine (C=N–C) groups is 1.